The maximum absolute atomic E-state index is 13.2. The first-order chi connectivity index (χ1) is 14.6. The monoisotopic (exact) mass is 435 g/mol. The predicted octanol–water partition coefficient (Wildman–Crippen LogP) is 2.57. The summed E-state index contributed by atoms with van der Waals surface area (Å²) in [6.45, 7) is 0. The number of aliphatic carboxylic acids is 1. The molecule has 0 aliphatic carbocycles. The van der Waals surface area contributed by atoms with Crippen molar-refractivity contribution >= 4 is 22.8 Å². The van der Waals surface area contributed by atoms with Crippen LogP contribution in [0.5, 0.6) is 5.75 Å². The van der Waals surface area contributed by atoms with E-state index in [1.54, 1.807) is 0 Å². The Balaban J connectivity index is 1.72. The van der Waals surface area contributed by atoms with Crippen LogP contribution in [0.25, 0.3) is 10.9 Å². The summed E-state index contributed by atoms with van der Waals surface area (Å²) < 4.78 is 39.5. The Hall–Kier alpha value is -3.53. The first kappa shape index (κ1) is 22.2. The van der Waals surface area contributed by atoms with Crippen LogP contribution < -0.4 is 11.1 Å². The number of phenols is 1. The lowest BCUT2D eigenvalue weighted by Crippen LogP contribution is -2.50. The summed E-state index contributed by atoms with van der Waals surface area (Å²) in [5.74, 6) is -1.99. The number of H-pyrrole nitrogens is 1. The Morgan fingerprint density at radius 3 is 2.39 bits per heavy atom. The van der Waals surface area contributed by atoms with Gasteiger partial charge in [0.2, 0.25) is 5.91 Å². The minimum Gasteiger partial charge on any atom is -0.508 e. The van der Waals surface area contributed by atoms with Crippen molar-refractivity contribution in [2.75, 3.05) is 0 Å². The number of carboxylic acids is 1. The molecule has 0 spiro atoms. The molecule has 0 aliphatic heterocycles. The summed E-state index contributed by atoms with van der Waals surface area (Å²) in [4.78, 5) is 26.6. The van der Waals surface area contributed by atoms with Crippen LogP contribution in [-0.2, 0) is 28.6 Å². The van der Waals surface area contributed by atoms with Crippen molar-refractivity contribution in [1.29, 1.82) is 0 Å². The molecule has 0 saturated carbocycles. The second-order valence-electron chi connectivity index (χ2n) is 7.12. The maximum atomic E-state index is 13.2. The van der Waals surface area contributed by atoms with Gasteiger partial charge in [-0.05, 0) is 35.7 Å². The topological polar surface area (TPSA) is 128 Å². The highest BCUT2D eigenvalue weighted by molar-refractivity contribution is 5.90. The highest BCUT2D eigenvalue weighted by Gasteiger charge is 2.33. The van der Waals surface area contributed by atoms with E-state index in [9.17, 15) is 33.0 Å². The molecule has 2 atom stereocenters. The Morgan fingerprint density at radius 1 is 1.10 bits per heavy atom. The van der Waals surface area contributed by atoms with E-state index in [2.05, 4.69) is 10.3 Å². The Bertz CT molecular complexity index is 1090. The number of amides is 1. The summed E-state index contributed by atoms with van der Waals surface area (Å²) in [5.41, 5.74) is 5.97. The number of hydrogen-bond donors (Lipinski definition) is 5. The molecule has 1 heterocycles. The molecule has 31 heavy (non-hydrogen) atoms. The average molecular weight is 435 g/mol. The summed E-state index contributed by atoms with van der Waals surface area (Å²) >= 11 is 0. The number of aromatic amines is 1. The van der Waals surface area contributed by atoms with Crippen molar-refractivity contribution in [2.24, 2.45) is 5.73 Å². The number of hydrogen-bond acceptors (Lipinski definition) is 4. The zero-order valence-electron chi connectivity index (χ0n) is 16.1. The largest absolute Gasteiger partial charge is 0.508 e. The Kier molecular flexibility index (Phi) is 6.21. The third kappa shape index (κ3) is 5.15. The number of carbonyl (C=O) groups is 2. The number of benzene rings is 2. The molecule has 1 aromatic heterocycles. The van der Waals surface area contributed by atoms with Crippen LogP contribution in [0.1, 0.15) is 16.7 Å². The van der Waals surface area contributed by atoms with Gasteiger partial charge in [-0.3, -0.25) is 4.79 Å². The number of halogens is 3. The SMILES string of the molecule is N[C@@H](Cc1c[nH]c2c(C(F)(F)F)cccc12)C(=O)N[C@@H](Cc1ccc(O)cc1)C(=O)O. The number of alkyl halides is 3. The number of carbonyl (C=O) groups excluding carboxylic acids is 1. The number of fused-ring (bicyclic) bond motifs is 1. The van der Waals surface area contributed by atoms with Gasteiger partial charge < -0.3 is 26.2 Å². The fraction of sp³-hybridized carbons (Fsp3) is 0.238. The maximum Gasteiger partial charge on any atom is 0.418 e. The molecule has 164 valence electrons. The zero-order chi connectivity index (χ0) is 22.8. The van der Waals surface area contributed by atoms with Crippen molar-refractivity contribution < 1.29 is 33.0 Å². The fourth-order valence-corrected chi connectivity index (χ4v) is 3.29. The molecule has 6 N–H and O–H groups in total. The first-order valence-electron chi connectivity index (χ1n) is 9.29. The highest BCUT2D eigenvalue weighted by atomic mass is 19.4. The Labute approximate surface area is 174 Å². The summed E-state index contributed by atoms with van der Waals surface area (Å²) in [7, 11) is 0. The van der Waals surface area contributed by atoms with E-state index in [-0.39, 0.29) is 29.5 Å². The second-order valence-corrected chi connectivity index (χ2v) is 7.12. The quantitative estimate of drug-likeness (QED) is 0.390. The summed E-state index contributed by atoms with van der Waals surface area (Å²) in [6, 6.07) is 7.14. The molecular weight excluding hydrogens is 415 g/mol. The van der Waals surface area contributed by atoms with Crippen molar-refractivity contribution in [3.8, 4) is 5.75 Å². The molecule has 0 radical (unpaired) electrons. The number of carboxylic acid groups (broad SMARTS) is 1. The summed E-state index contributed by atoms with van der Waals surface area (Å²) in [5, 5.41) is 21.4. The average Bonchev–Trinajstić information content (AvgIpc) is 3.11. The van der Waals surface area contributed by atoms with Crippen molar-refractivity contribution in [3.63, 3.8) is 0 Å². The van der Waals surface area contributed by atoms with E-state index in [1.165, 1.54) is 42.6 Å². The number of nitrogens with one attached hydrogen (secondary N) is 2. The molecule has 0 aliphatic rings. The molecule has 0 saturated heterocycles. The summed E-state index contributed by atoms with van der Waals surface area (Å²) in [6.07, 6.45) is -3.29. The van der Waals surface area contributed by atoms with Gasteiger partial charge in [0.05, 0.1) is 17.1 Å². The molecule has 0 fully saturated rings. The molecule has 10 heteroatoms. The predicted molar refractivity (Wildman–Crippen MR) is 106 cm³/mol. The van der Waals surface area contributed by atoms with Gasteiger partial charge in [-0.2, -0.15) is 13.2 Å². The van der Waals surface area contributed by atoms with Gasteiger partial charge in [-0.1, -0.05) is 24.3 Å². The van der Waals surface area contributed by atoms with Gasteiger partial charge in [-0.25, -0.2) is 4.79 Å². The number of rotatable bonds is 7. The number of aromatic hydroxyl groups is 1. The van der Waals surface area contributed by atoms with Gasteiger partial charge in [0, 0.05) is 18.0 Å². The highest BCUT2D eigenvalue weighted by Crippen LogP contribution is 2.35. The van der Waals surface area contributed by atoms with E-state index >= 15 is 0 Å². The van der Waals surface area contributed by atoms with Crippen LogP contribution in [0, 0.1) is 0 Å². The molecule has 0 bridgehead atoms. The van der Waals surface area contributed by atoms with Gasteiger partial charge in [0.15, 0.2) is 0 Å². The van der Waals surface area contributed by atoms with Gasteiger partial charge in [-0.15, -0.1) is 0 Å². The molecule has 2 aromatic carbocycles. The molecule has 3 rings (SSSR count). The molecule has 1 amide bonds. The lowest BCUT2D eigenvalue weighted by Gasteiger charge is -2.18. The number of nitrogens with two attached hydrogens (primary N) is 1. The van der Waals surface area contributed by atoms with E-state index in [0.717, 1.165) is 6.07 Å². The van der Waals surface area contributed by atoms with Crippen LogP contribution in [0.4, 0.5) is 13.2 Å². The van der Waals surface area contributed by atoms with E-state index in [0.29, 0.717) is 11.1 Å². The number of phenolic OH excluding ortho intramolecular Hbond substituents is 1. The number of para-hydroxylation sites is 1. The zero-order valence-corrected chi connectivity index (χ0v) is 16.1. The van der Waals surface area contributed by atoms with Gasteiger partial charge in [0.25, 0.3) is 0 Å². The van der Waals surface area contributed by atoms with Crippen LogP contribution in [0.2, 0.25) is 0 Å². The molecular formula is C21H20F3N3O4. The van der Waals surface area contributed by atoms with Crippen molar-refractivity contribution in [3.05, 3.63) is 65.4 Å². The normalized spacial score (nSPS) is 13.7. The van der Waals surface area contributed by atoms with Gasteiger partial charge >= 0.3 is 12.1 Å². The first-order valence-corrected chi connectivity index (χ1v) is 9.29. The van der Waals surface area contributed by atoms with Crippen LogP contribution >= 0.6 is 0 Å². The van der Waals surface area contributed by atoms with E-state index < -0.39 is 35.7 Å². The molecule has 0 unspecified atom stereocenters. The van der Waals surface area contributed by atoms with Crippen LogP contribution in [0.3, 0.4) is 0 Å². The smallest absolute Gasteiger partial charge is 0.418 e. The lowest BCUT2D eigenvalue weighted by atomic mass is 10.0. The minimum absolute atomic E-state index is 0.0223. The molecule has 7 nitrogen and oxygen atoms in total. The Morgan fingerprint density at radius 2 is 1.77 bits per heavy atom. The van der Waals surface area contributed by atoms with Crippen LogP contribution in [-0.4, -0.2) is 39.2 Å². The van der Waals surface area contributed by atoms with Crippen LogP contribution in [0.15, 0.2) is 48.7 Å². The van der Waals surface area contributed by atoms with Crippen molar-refractivity contribution in [1.82, 2.24) is 10.3 Å². The van der Waals surface area contributed by atoms with Crippen molar-refractivity contribution in [2.45, 2.75) is 31.1 Å². The third-order valence-corrected chi connectivity index (χ3v) is 4.87. The standard InChI is InChI=1S/C21H20F3N3O4/c22-21(23,24)15-3-1-2-14-12(10-26-18(14)15)9-16(25)19(29)27-17(20(30)31)8-11-4-6-13(28)7-5-11/h1-7,10,16-17,26,28H,8-9,25H2,(H,27,29)(H,30,31)/t16-,17-/m0/s1. The fourth-order valence-electron chi connectivity index (χ4n) is 3.29. The third-order valence-electron chi connectivity index (χ3n) is 4.87. The van der Waals surface area contributed by atoms with Gasteiger partial charge in [0.1, 0.15) is 11.8 Å². The van der Waals surface area contributed by atoms with E-state index in [1.807, 2.05) is 0 Å². The number of aromatic nitrogens is 1. The molecule has 3 aromatic rings. The van der Waals surface area contributed by atoms with E-state index in [4.69, 9.17) is 5.73 Å². The second kappa shape index (κ2) is 8.68. The minimum atomic E-state index is -4.54. The lowest BCUT2D eigenvalue weighted by molar-refractivity contribution is -0.142.